The highest BCUT2D eigenvalue weighted by Crippen LogP contribution is 2.15. The van der Waals surface area contributed by atoms with Crippen LogP contribution in [0.3, 0.4) is 0 Å². The van der Waals surface area contributed by atoms with E-state index in [9.17, 15) is 9.59 Å². The SMILES string of the molecule is CNC(=O)c1cc(C)cn(Cc2nccc3[nH]ccc23)c1=O. The van der Waals surface area contributed by atoms with Crippen LogP contribution in [0.5, 0.6) is 0 Å². The summed E-state index contributed by atoms with van der Waals surface area (Å²) in [6.45, 7) is 2.17. The largest absolute Gasteiger partial charge is 0.361 e. The molecule has 0 aliphatic heterocycles. The van der Waals surface area contributed by atoms with Crippen molar-refractivity contribution in [3.05, 3.63) is 64.0 Å². The van der Waals surface area contributed by atoms with Crippen LogP contribution in [0.15, 0.2) is 41.6 Å². The third-order valence-corrected chi connectivity index (χ3v) is 3.58. The number of aromatic amines is 1. The van der Waals surface area contributed by atoms with Crippen LogP contribution in [-0.2, 0) is 6.54 Å². The smallest absolute Gasteiger partial charge is 0.263 e. The molecule has 0 atom stereocenters. The predicted octanol–water partition coefficient (Wildman–Crippen LogP) is 1.44. The fourth-order valence-corrected chi connectivity index (χ4v) is 2.53. The highest BCUT2D eigenvalue weighted by molar-refractivity contribution is 5.93. The summed E-state index contributed by atoms with van der Waals surface area (Å²) < 4.78 is 1.52. The molecular formula is C16H16N4O2. The monoisotopic (exact) mass is 296 g/mol. The number of carbonyl (C=O) groups is 1. The van der Waals surface area contributed by atoms with E-state index in [1.165, 1.54) is 11.6 Å². The van der Waals surface area contributed by atoms with Crippen molar-refractivity contribution in [3.63, 3.8) is 0 Å². The quantitative estimate of drug-likeness (QED) is 0.767. The van der Waals surface area contributed by atoms with Crippen molar-refractivity contribution in [2.75, 3.05) is 7.05 Å². The van der Waals surface area contributed by atoms with Crippen LogP contribution in [-0.4, -0.2) is 27.5 Å². The molecule has 6 heteroatoms. The lowest BCUT2D eigenvalue weighted by Gasteiger charge is -2.10. The second-order valence-corrected chi connectivity index (χ2v) is 5.14. The van der Waals surface area contributed by atoms with Crippen LogP contribution in [0.25, 0.3) is 10.9 Å². The topological polar surface area (TPSA) is 79.8 Å². The molecule has 0 aliphatic carbocycles. The van der Waals surface area contributed by atoms with Gasteiger partial charge in [-0.1, -0.05) is 0 Å². The number of H-pyrrole nitrogens is 1. The molecule has 0 spiro atoms. The zero-order chi connectivity index (χ0) is 15.7. The summed E-state index contributed by atoms with van der Waals surface area (Å²) in [5, 5.41) is 3.46. The molecule has 0 radical (unpaired) electrons. The van der Waals surface area contributed by atoms with Gasteiger partial charge in [-0.25, -0.2) is 0 Å². The summed E-state index contributed by atoms with van der Waals surface area (Å²) in [5.41, 5.74) is 2.43. The number of fused-ring (bicyclic) bond motifs is 1. The second-order valence-electron chi connectivity index (χ2n) is 5.14. The Labute approximate surface area is 126 Å². The molecule has 6 nitrogen and oxygen atoms in total. The Hall–Kier alpha value is -2.89. The Bertz CT molecular complexity index is 908. The lowest BCUT2D eigenvalue weighted by atomic mass is 10.2. The van der Waals surface area contributed by atoms with Crippen molar-refractivity contribution in [2.24, 2.45) is 0 Å². The molecular weight excluding hydrogens is 280 g/mol. The molecule has 0 saturated carbocycles. The van der Waals surface area contributed by atoms with Crippen LogP contribution in [0.4, 0.5) is 0 Å². The summed E-state index contributed by atoms with van der Waals surface area (Å²) in [5.74, 6) is -0.379. The first kappa shape index (κ1) is 14.1. The highest BCUT2D eigenvalue weighted by Gasteiger charge is 2.13. The normalized spacial score (nSPS) is 10.8. The van der Waals surface area contributed by atoms with Crippen LogP contribution >= 0.6 is 0 Å². The Morgan fingerprint density at radius 1 is 1.41 bits per heavy atom. The van der Waals surface area contributed by atoms with E-state index in [0.717, 1.165) is 22.2 Å². The summed E-state index contributed by atoms with van der Waals surface area (Å²) in [6.07, 6.45) is 5.28. The number of nitrogens with zero attached hydrogens (tertiary/aromatic N) is 2. The van der Waals surface area contributed by atoms with Gasteiger partial charge in [-0.15, -0.1) is 0 Å². The average Bonchev–Trinajstić information content (AvgIpc) is 2.99. The van der Waals surface area contributed by atoms with Gasteiger partial charge in [0.05, 0.1) is 12.2 Å². The molecule has 0 fully saturated rings. The van der Waals surface area contributed by atoms with Crippen molar-refractivity contribution >= 4 is 16.8 Å². The van der Waals surface area contributed by atoms with Crippen molar-refractivity contribution in [1.82, 2.24) is 19.9 Å². The first-order chi connectivity index (χ1) is 10.6. The van der Waals surface area contributed by atoms with Gasteiger partial charge in [0, 0.05) is 36.5 Å². The molecule has 2 N–H and O–H groups in total. The number of aryl methyl sites for hydroxylation is 1. The first-order valence-electron chi connectivity index (χ1n) is 6.94. The van der Waals surface area contributed by atoms with E-state index in [-0.39, 0.29) is 17.0 Å². The van der Waals surface area contributed by atoms with Gasteiger partial charge in [0.15, 0.2) is 0 Å². The van der Waals surface area contributed by atoms with Crippen molar-refractivity contribution in [1.29, 1.82) is 0 Å². The van der Waals surface area contributed by atoms with Crippen molar-refractivity contribution in [3.8, 4) is 0 Å². The summed E-state index contributed by atoms with van der Waals surface area (Å²) in [4.78, 5) is 31.8. The molecule has 0 aromatic carbocycles. The zero-order valence-corrected chi connectivity index (χ0v) is 12.4. The van der Waals surface area contributed by atoms with E-state index in [0.29, 0.717) is 6.54 Å². The third-order valence-electron chi connectivity index (χ3n) is 3.58. The molecule has 3 aromatic rings. The Balaban J connectivity index is 2.09. The van der Waals surface area contributed by atoms with Gasteiger partial charge in [-0.3, -0.25) is 14.6 Å². The molecule has 0 saturated heterocycles. The number of aromatic nitrogens is 3. The number of rotatable bonds is 3. The zero-order valence-electron chi connectivity index (χ0n) is 12.4. The first-order valence-corrected chi connectivity index (χ1v) is 6.94. The molecule has 0 unspecified atom stereocenters. The van der Waals surface area contributed by atoms with Crippen LogP contribution in [0.2, 0.25) is 0 Å². The van der Waals surface area contributed by atoms with Crippen LogP contribution in [0, 0.1) is 6.92 Å². The number of pyridine rings is 2. The molecule has 3 rings (SSSR count). The van der Waals surface area contributed by atoms with E-state index in [2.05, 4.69) is 15.3 Å². The maximum Gasteiger partial charge on any atom is 0.263 e. The average molecular weight is 296 g/mol. The molecule has 0 bridgehead atoms. The van der Waals surface area contributed by atoms with Gasteiger partial charge in [-0.2, -0.15) is 0 Å². The van der Waals surface area contributed by atoms with Gasteiger partial charge in [0.2, 0.25) is 0 Å². The van der Waals surface area contributed by atoms with Gasteiger partial charge in [-0.05, 0) is 30.7 Å². The minimum absolute atomic E-state index is 0.142. The molecule has 3 heterocycles. The van der Waals surface area contributed by atoms with Gasteiger partial charge < -0.3 is 14.9 Å². The standard InChI is InChI=1S/C16H16N4O2/c1-10-7-12(15(21)17-2)16(22)20(8-10)9-14-11-3-5-18-13(11)4-6-19-14/h3-8,18H,9H2,1-2H3,(H,17,21). The van der Waals surface area contributed by atoms with E-state index in [1.807, 2.05) is 25.3 Å². The number of nitrogens with one attached hydrogen (secondary N) is 2. The van der Waals surface area contributed by atoms with Gasteiger partial charge >= 0.3 is 0 Å². The van der Waals surface area contributed by atoms with E-state index in [1.54, 1.807) is 18.5 Å². The summed E-state index contributed by atoms with van der Waals surface area (Å²) in [7, 11) is 1.51. The van der Waals surface area contributed by atoms with E-state index < -0.39 is 0 Å². The number of carbonyl (C=O) groups excluding carboxylic acids is 1. The highest BCUT2D eigenvalue weighted by atomic mass is 16.2. The third kappa shape index (κ3) is 2.39. The fraction of sp³-hybridized carbons (Fsp3) is 0.188. The molecule has 112 valence electrons. The molecule has 0 aliphatic rings. The van der Waals surface area contributed by atoms with Crippen LogP contribution in [0.1, 0.15) is 21.6 Å². The molecule has 22 heavy (non-hydrogen) atoms. The Kier molecular flexibility index (Phi) is 3.50. The fourth-order valence-electron chi connectivity index (χ4n) is 2.53. The van der Waals surface area contributed by atoms with Gasteiger partial charge in [0.25, 0.3) is 11.5 Å². The van der Waals surface area contributed by atoms with E-state index >= 15 is 0 Å². The number of hydrogen-bond donors (Lipinski definition) is 2. The van der Waals surface area contributed by atoms with Crippen molar-refractivity contribution in [2.45, 2.75) is 13.5 Å². The molecule has 3 aromatic heterocycles. The number of hydrogen-bond acceptors (Lipinski definition) is 3. The second kappa shape index (κ2) is 5.48. The Morgan fingerprint density at radius 2 is 2.23 bits per heavy atom. The number of amides is 1. The predicted molar refractivity (Wildman–Crippen MR) is 84.0 cm³/mol. The minimum Gasteiger partial charge on any atom is -0.361 e. The van der Waals surface area contributed by atoms with Gasteiger partial charge in [0.1, 0.15) is 5.56 Å². The summed E-state index contributed by atoms with van der Waals surface area (Å²) in [6, 6.07) is 5.41. The minimum atomic E-state index is -0.379. The Morgan fingerprint density at radius 3 is 3.00 bits per heavy atom. The van der Waals surface area contributed by atoms with E-state index in [4.69, 9.17) is 0 Å². The lowest BCUT2D eigenvalue weighted by molar-refractivity contribution is 0.0961. The lowest BCUT2D eigenvalue weighted by Crippen LogP contribution is -2.31. The summed E-state index contributed by atoms with van der Waals surface area (Å²) >= 11 is 0. The maximum atomic E-state index is 12.5. The maximum absolute atomic E-state index is 12.5. The van der Waals surface area contributed by atoms with Crippen LogP contribution < -0.4 is 10.9 Å². The molecule has 1 amide bonds. The van der Waals surface area contributed by atoms with Crippen molar-refractivity contribution < 1.29 is 4.79 Å².